The van der Waals surface area contributed by atoms with Gasteiger partial charge in [-0.15, -0.1) is 5.10 Å². The van der Waals surface area contributed by atoms with Gasteiger partial charge in [0.2, 0.25) is 0 Å². The van der Waals surface area contributed by atoms with Crippen LogP contribution in [0.4, 0.5) is 0 Å². The lowest BCUT2D eigenvalue weighted by Gasteiger charge is -1.98. The van der Waals surface area contributed by atoms with E-state index in [-0.39, 0.29) is 0 Å². The second-order valence-electron chi connectivity index (χ2n) is 2.87. The molecule has 1 aromatic carbocycles. The van der Waals surface area contributed by atoms with Crippen LogP contribution in [0.2, 0.25) is 0 Å². The van der Waals surface area contributed by atoms with Gasteiger partial charge in [0.05, 0.1) is 7.05 Å². The van der Waals surface area contributed by atoms with Gasteiger partial charge in [0, 0.05) is 5.56 Å². The third kappa shape index (κ3) is 1.42. The number of aryl methyl sites for hydroxylation is 1. The van der Waals surface area contributed by atoms with Crippen molar-refractivity contribution in [2.24, 2.45) is 0 Å². The first-order chi connectivity index (χ1) is 6.27. The molecular formula is C9H9N4. The van der Waals surface area contributed by atoms with Crippen LogP contribution in [-0.4, -0.2) is 20.2 Å². The third-order valence-electron chi connectivity index (χ3n) is 1.84. The maximum atomic E-state index is 3.86. The lowest BCUT2D eigenvalue weighted by atomic mass is 10.1. The first kappa shape index (κ1) is 7.91. The van der Waals surface area contributed by atoms with Crippen molar-refractivity contribution in [2.75, 3.05) is 0 Å². The summed E-state index contributed by atoms with van der Waals surface area (Å²) < 4.78 is 1.41. The maximum absolute atomic E-state index is 3.86. The zero-order valence-electron chi connectivity index (χ0n) is 7.31. The molecule has 2 aromatic rings. The summed E-state index contributed by atoms with van der Waals surface area (Å²) in [4.78, 5) is 0. The minimum atomic E-state index is 0.681. The zero-order chi connectivity index (χ0) is 9.26. The highest BCUT2D eigenvalue weighted by Crippen LogP contribution is 2.14. The first-order valence-corrected chi connectivity index (χ1v) is 3.93. The second-order valence-corrected chi connectivity index (χ2v) is 2.87. The van der Waals surface area contributed by atoms with Crippen LogP contribution >= 0.6 is 0 Å². The van der Waals surface area contributed by atoms with E-state index in [0.717, 1.165) is 5.56 Å². The van der Waals surface area contributed by atoms with Crippen molar-refractivity contribution in [1.29, 1.82) is 0 Å². The van der Waals surface area contributed by atoms with Gasteiger partial charge in [-0.25, -0.2) is 4.68 Å². The number of aromatic nitrogens is 4. The second kappa shape index (κ2) is 2.97. The predicted molar refractivity (Wildman–Crippen MR) is 48.7 cm³/mol. The highest BCUT2D eigenvalue weighted by molar-refractivity contribution is 5.54. The molecule has 4 nitrogen and oxygen atoms in total. The van der Waals surface area contributed by atoms with Crippen molar-refractivity contribution in [2.45, 2.75) is 6.92 Å². The summed E-state index contributed by atoms with van der Waals surface area (Å²) in [5.41, 5.74) is 2.19. The van der Waals surface area contributed by atoms with E-state index in [0.29, 0.717) is 5.82 Å². The van der Waals surface area contributed by atoms with Crippen LogP contribution in [0.15, 0.2) is 24.3 Å². The molecule has 0 fully saturated rings. The molecule has 0 spiro atoms. The molecular weight excluding hydrogens is 164 g/mol. The van der Waals surface area contributed by atoms with E-state index in [9.17, 15) is 0 Å². The van der Waals surface area contributed by atoms with Gasteiger partial charge < -0.3 is 0 Å². The standard InChI is InChI=1S/C9H9N4/c1-7-3-5-8(6-4-7)9-10-11-12-13(9)2/h3-6H,2H2,1H3. The predicted octanol–water partition coefficient (Wildman–Crippen LogP) is 1.29. The average Bonchev–Trinajstić information content (AvgIpc) is 2.53. The normalized spacial score (nSPS) is 10.3. The topological polar surface area (TPSA) is 43.6 Å². The van der Waals surface area contributed by atoms with Crippen LogP contribution in [0.5, 0.6) is 0 Å². The van der Waals surface area contributed by atoms with Gasteiger partial charge in [-0.1, -0.05) is 29.8 Å². The van der Waals surface area contributed by atoms with Crippen molar-refractivity contribution >= 4 is 0 Å². The van der Waals surface area contributed by atoms with Crippen molar-refractivity contribution in [1.82, 2.24) is 20.2 Å². The van der Waals surface area contributed by atoms with E-state index >= 15 is 0 Å². The molecule has 2 rings (SSSR count). The lowest BCUT2D eigenvalue weighted by molar-refractivity contribution is 0.788. The Morgan fingerprint density at radius 1 is 1.23 bits per heavy atom. The van der Waals surface area contributed by atoms with E-state index in [1.165, 1.54) is 10.2 Å². The lowest BCUT2D eigenvalue weighted by Crippen LogP contribution is -1.91. The number of nitrogens with zero attached hydrogens (tertiary/aromatic N) is 4. The molecule has 4 heteroatoms. The van der Waals surface area contributed by atoms with E-state index < -0.39 is 0 Å². The van der Waals surface area contributed by atoms with Gasteiger partial charge >= 0.3 is 0 Å². The van der Waals surface area contributed by atoms with Gasteiger partial charge in [0.15, 0.2) is 5.82 Å². The molecule has 1 heterocycles. The van der Waals surface area contributed by atoms with Gasteiger partial charge in [0.1, 0.15) is 0 Å². The molecule has 65 valence electrons. The minimum Gasteiger partial charge on any atom is -0.224 e. The van der Waals surface area contributed by atoms with E-state index in [2.05, 4.69) is 22.6 Å². The molecule has 0 amide bonds. The highest BCUT2D eigenvalue weighted by Gasteiger charge is 2.03. The molecule has 0 saturated heterocycles. The Hall–Kier alpha value is -1.71. The summed E-state index contributed by atoms with van der Waals surface area (Å²) in [5.74, 6) is 0.681. The van der Waals surface area contributed by atoms with Crippen LogP contribution < -0.4 is 0 Å². The molecule has 0 aliphatic carbocycles. The molecule has 0 unspecified atom stereocenters. The molecule has 1 aromatic heterocycles. The molecule has 0 N–H and O–H groups in total. The number of rotatable bonds is 1. The van der Waals surface area contributed by atoms with Crippen molar-refractivity contribution < 1.29 is 0 Å². The summed E-state index contributed by atoms with van der Waals surface area (Å²) in [7, 11) is 3.66. The van der Waals surface area contributed by atoms with Gasteiger partial charge in [-0.3, -0.25) is 0 Å². The monoisotopic (exact) mass is 173 g/mol. The Morgan fingerprint density at radius 3 is 2.46 bits per heavy atom. The fourth-order valence-electron chi connectivity index (χ4n) is 1.11. The Kier molecular flexibility index (Phi) is 1.81. The average molecular weight is 173 g/mol. The number of tetrazole rings is 1. The number of benzene rings is 1. The first-order valence-electron chi connectivity index (χ1n) is 3.93. The van der Waals surface area contributed by atoms with Gasteiger partial charge in [0.25, 0.3) is 0 Å². The Labute approximate surface area is 76.2 Å². The summed E-state index contributed by atoms with van der Waals surface area (Å²) in [6.07, 6.45) is 0. The Bertz CT molecular complexity index is 402. The third-order valence-corrected chi connectivity index (χ3v) is 1.84. The molecule has 0 bridgehead atoms. The van der Waals surface area contributed by atoms with Crippen LogP contribution in [0.25, 0.3) is 11.4 Å². The highest BCUT2D eigenvalue weighted by atomic mass is 15.5. The molecule has 0 atom stereocenters. The summed E-state index contributed by atoms with van der Waals surface area (Å²) in [6, 6.07) is 7.99. The van der Waals surface area contributed by atoms with Crippen molar-refractivity contribution in [3.05, 3.63) is 36.9 Å². The number of hydrogen-bond acceptors (Lipinski definition) is 3. The van der Waals surface area contributed by atoms with E-state index in [4.69, 9.17) is 0 Å². The summed E-state index contributed by atoms with van der Waals surface area (Å²) in [5, 5.41) is 11.0. The quantitative estimate of drug-likeness (QED) is 0.652. The fourth-order valence-corrected chi connectivity index (χ4v) is 1.11. The fraction of sp³-hybridized carbons (Fsp3) is 0.111. The van der Waals surface area contributed by atoms with Crippen LogP contribution in [0, 0.1) is 14.0 Å². The molecule has 0 aliphatic heterocycles. The SMILES string of the molecule is [CH2]n1nnnc1-c1ccc(C)cc1. The van der Waals surface area contributed by atoms with Crippen molar-refractivity contribution in [3.63, 3.8) is 0 Å². The molecule has 13 heavy (non-hydrogen) atoms. The number of hydrogen-bond donors (Lipinski definition) is 0. The molecule has 1 radical (unpaired) electrons. The maximum Gasteiger partial charge on any atom is 0.182 e. The van der Waals surface area contributed by atoms with Gasteiger partial charge in [-0.05, 0) is 17.4 Å². The van der Waals surface area contributed by atoms with Crippen molar-refractivity contribution in [3.8, 4) is 11.4 Å². The summed E-state index contributed by atoms with van der Waals surface area (Å²) >= 11 is 0. The van der Waals surface area contributed by atoms with E-state index in [1.54, 1.807) is 0 Å². The molecule has 0 aliphatic rings. The van der Waals surface area contributed by atoms with Gasteiger partial charge in [-0.2, -0.15) is 0 Å². The molecule has 0 saturated carbocycles. The minimum absolute atomic E-state index is 0.681. The zero-order valence-corrected chi connectivity index (χ0v) is 7.31. The smallest absolute Gasteiger partial charge is 0.182 e. The van der Waals surface area contributed by atoms with Crippen LogP contribution in [0.3, 0.4) is 0 Å². The Morgan fingerprint density at radius 2 is 1.92 bits per heavy atom. The summed E-state index contributed by atoms with van der Waals surface area (Å²) in [6.45, 7) is 2.04. The van der Waals surface area contributed by atoms with Crippen LogP contribution in [-0.2, 0) is 0 Å². The van der Waals surface area contributed by atoms with Crippen LogP contribution in [0.1, 0.15) is 5.56 Å². The largest absolute Gasteiger partial charge is 0.224 e. The Balaban J connectivity index is 2.47. The van der Waals surface area contributed by atoms with E-state index in [1.807, 2.05) is 31.2 Å².